The van der Waals surface area contributed by atoms with Crippen molar-refractivity contribution in [3.8, 4) is 0 Å². The number of carbonyl (C=O) groups is 3. The number of H-pyrrole nitrogens is 1. The first-order valence-corrected chi connectivity index (χ1v) is 8.10. The van der Waals surface area contributed by atoms with E-state index in [0.29, 0.717) is 23.4 Å². The Bertz CT molecular complexity index is 650. The maximum absolute atomic E-state index is 12.2. The number of hydrogen-bond donors (Lipinski definition) is 1. The summed E-state index contributed by atoms with van der Waals surface area (Å²) < 4.78 is 9.85. The van der Waals surface area contributed by atoms with Gasteiger partial charge in [0.2, 0.25) is 0 Å². The number of rotatable bonds is 4. The number of aromatic nitrogens is 1. The smallest absolute Gasteiger partial charge is 0.355 e. The molecular weight excluding hydrogens is 312 g/mol. The number of ether oxygens (including phenoxy) is 2. The van der Waals surface area contributed by atoms with Crippen LogP contribution in [0.25, 0.3) is 0 Å². The Kier molecular flexibility index (Phi) is 5.64. The minimum absolute atomic E-state index is 0.172. The van der Waals surface area contributed by atoms with E-state index in [0.717, 1.165) is 19.3 Å². The molecule has 1 aliphatic rings. The van der Waals surface area contributed by atoms with Gasteiger partial charge in [-0.1, -0.05) is 0 Å². The maximum Gasteiger partial charge on any atom is 0.355 e. The number of amides is 1. The van der Waals surface area contributed by atoms with Crippen LogP contribution in [0.1, 0.15) is 58.3 Å². The summed E-state index contributed by atoms with van der Waals surface area (Å²) in [5.74, 6) is -1.35. The Morgan fingerprint density at radius 3 is 2.54 bits per heavy atom. The second kappa shape index (κ2) is 7.51. The Morgan fingerprint density at radius 1 is 1.21 bits per heavy atom. The molecule has 1 aromatic heterocycles. The molecule has 7 nitrogen and oxygen atoms in total. The minimum atomic E-state index is -0.649. The summed E-state index contributed by atoms with van der Waals surface area (Å²) in [4.78, 5) is 40.8. The number of nitrogens with one attached hydrogen (secondary N) is 1. The average molecular weight is 336 g/mol. The lowest BCUT2D eigenvalue weighted by atomic mass is 10.0. The van der Waals surface area contributed by atoms with Crippen LogP contribution in [0.15, 0.2) is 0 Å². The van der Waals surface area contributed by atoms with Crippen molar-refractivity contribution in [2.75, 3.05) is 20.3 Å². The second-order valence-electron chi connectivity index (χ2n) is 6.12. The summed E-state index contributed by atoms with van der Waals surface area (Å²) in [6.07, 6.45) is 3.06. The first-order valence-electron chi connectivity index (χ1n) is 8.10. The lowest BCUT2D eigenvalue weighted by Crippen LogP contribution is -2.44. The first kappa shape index (κ1) is 18.0. The van der Waals surface area contributed by atoms with Crippen LogP contribution in [0, 0.1) is 13.8 Å². The summed E-state index contributed by atoms with van der Waals surface area (Å²) in [5.41, 5.74) is 1.48. The highest BCUT2D eigenvalue weighted by Gasteiger charge is 2.26. The molecule has 0 aliphatic carbocycles. The van der Waals surface area contributed by atoms with E-state index in [4.69, 9.17) is 9.47 Å². The van der Waals surface area contributed by atoms with E-state index in [2.05, 4.69) is 4.98 Å². The number of likely N-dealkylation sites (tertiary alicyclic amines) is 1. The fraction of sp³-hybridized carbons (Fsp3) is 0.588. The van der Waals surface area contributed by atoms with E-state index in [-0.39, 0.29) is 24.2 Å². The molecule has 0 unspecified atom stereocenters. The van der Waals surface area contributed by atoms with E-state index < -0.39 is 11.9 Å². The van der Waals surface area contributed by atoms with Crippen molar-refractivity contribution in [1.82, 2.24) is 9.88 Å². The molecule has 0 spiro atoms. The van der Waals surface area contributed by atoms with Gasteiger partial charge in [-0.15, -0.1) is 0 Å². The lowest BCUT2D eigenvalue weighted by Gasteiger charge is -2.33. The minimum Gasteiger partial charge on any atom is -0.465 e. The third-order valence-corrected chi connectivity index (χ3v) is 4.48. The molecule has 1 atom stereocenters. The summed E-state index contributed by atoms with van der Waals surface area (Å²) >= 11 is 0. The number of hydrogen-bond acceptors (Lipinski definition) is 5. The van der Waals surface area contributed by atoms with Gasteiger partial charge in [0.15, 0.2) is 6.61 Å². The number of carbonyl (C=O) groups excluding carboxylic acids is 3. The number of nitrogens with zero attached hydrogens (tertiary/aromatic N) is 1. The molecule has 1 N–H and O–H groups in total. The van der Waals surface area contributed by atoms with Crippen LogP contribution < -0.4 is 0 Å². The predicted octanol–water partition coefficient (Wildman–Crippen LogP) is 1.98. The SMILES string of the molecule is COC(=O)c1c(C)[nH]c(C(=O)OCC(=O)N2CCCC[C@@H]2C)c1C. The highest BCUT2D eigenvalue weighted by molar-refractivity contribution is 5.99. The Morgan fingerprint density at radius 2 is 1.92 bits per heavy atom. The standard InChI is InChI=1S/C17H24N2O5/c1-10-7-5-6-8-19(10)13(20)9-24-17(22)15-11(2)14(12(3)18-15)16(21)23-4/h10,18H,5-9H2,1-4H3/t10-/m0/s1. The van der Waals surface area contributed by atoms with E-state index in [9.17, 15) is 14.4 Å². The van der Waals surface area contributed by atoms with Gasteiger partial charge in [-0.3, -0.25) is 4.79 Å². The topological polar surface area (TPSA) is 88.7 Å². The van der Waals surface area contributed by atoms with Gasteiger partial charge in [-0.05, 0) is 45.6 Å². The molecule has 0 bridgehead atoms. The van der Waals surface area contributed by atoms with Gasteiger partial charge in [-0.25, -0.2) is 9.59 Å². The van der Waals surface area contributed by atoms with Crippen molar-refractivity contribution in [3.63, 3.8) is 0 Å². The molecule has 1 saturated heterocycles. The van der Waals surface area contributed by atoms with Crippen molar-refractivity contribution in [2.45, 2.75) is 46.1 Å². The molecule has 1 fully saturated rings. The molecule has 1 aliphatic heterocycles. The monoisotopic (exact) mass is 336 g/mol. The molecule has 7 heteroatoms. The van der Waals surface area contributed by atoms with Crippen LogP contribution in [0.4, 0.5) is 0 Å². The maximum atomic E-state index is 12.2. The first-order chi connectivity index (χ1) is 11.4. The molecule has 2 rings (SSSR count). The Balaban J connectivity index is 2.03. The largest absolute Gasteiger partial charge is 0.465 e. The third-order valence-electron chi connectivity index (χ3n) is 4.48. The third kappa shape index (κ3) is 3.60. The normalized spacial score (nSPS) is 17.5. The van der Waals surface area contributed by atoms with Crippen molar-refractivity contribution >= 4 is 17.8 Å². The van der Waals surface area contributed by atoms with Crippen molar-refractivity contribution < 1.29 is 23.9 Å². The summed E-state index contributed by atoms with van der Waals surface area (Å²) in [5, 5.41) is 0. The zero-order valence-electron chi connectivity index (χ0n) is 14.6. The van der Waals surface area contributed by atoms with Crippen LogP contribution >= 0.6 is 0 Å². The van der Waals surface area contributed by atoms with Crippen molar-refractivity contribution in [2.24, 2.45) is 0 Å². The van der Waals surface area contributed by atoms with Gasteiger partial charge in [0.1, 0.15) is 5.69 Å². The van der Waals surface area contributed by atoms with Crippen molar-refractivity contribution in [3.05, 3.63) is 22.5 Å². The fourth-order valence-electron chi connectivity index (χ4n) is 3.11. The second-order valence-corrected chi connectivity index (χ2v) is 6.12. The van der Waals surface area contributed by atoms with Gasteiger partial charge < -0.3 is 19.4 Å². The molecule has 2 heterocycles. The van der Waals surface area contributed by atoms with E-state index in [1.807, 2.05) is 6.92 Å². The zero-order chi connectivity index (χ0) is 17.9. The molecule has 0 saturated carbocycles. The molecular formula is C17H24N2O5. The number of methoxy groups -OCH3 is 1. The molecule has 1 amide bonds. The van der Waals surface area contributed by atoms with E-state index in [1.165, 1.54) is 7.11 Å². The highest BCUT2D eigenvalue weighted by atomic mass is 16.5. The van der Waals surface area contributed by atoms with Crippen LogP contribution in [0.5, 0.6) is 0 Å². The van der Waals surface area contributed by atoms with E-state index in [1.54, 1.807) is 18.7 Å². The molecule has 0 radical (unpaired) electrons. The number of esters is 2. The number of aryl methyl sites for hydroxylation is 1. The van der Waals surface area contributed by atoms with Gasteiger partial charge in [0, 0.05) is 18.3 Å². The molecule has 0 aromatic carbocycles. The number of aromatic amines is 1. The van der Waals surface area contributed by atoms with Crippen LogP contribution in [0.2, 0.25) is 0 Å². The summed E-state index contributed by atoms with van der Waals surface area (Å²) in [6, 6.07) is 0.172. The van der Waals surface area contributed by atoms with Gasteiger partial charge in [0.25, 0.3) is 5.91 Å². The van der Waals surface area contributed by atoms with E-state index >= 15 is 0 Å². The van der Waals surface area contributed by atoms with Crippen LogP contribution in [-0.2, 0) is 14.3 Å². The summed E-state index contributed by atoms with van der Waals surface area (Å²) in [7, 11) is 1.28. The highest BCUT2D eigenvalue weighted by Crippen LogP contribution is 2.20. The quantitative estimate of drug-likeness (QED) is 0.849. The molecule has 1 aromatic rings. The summed E-state index contributed by atoms with van der Waals surface area (Å²) in [6.45, 7) is 5.72. The predicted molar refractivity (Wildman–Crippen MR) is 86.9 cm³/mol. The zero-order valence-corrected chi connectivity index (χ0v) is 14.6. The van der Waals surface area contributed by atoms with Crippen LogP contribution in [-0.4, -0.2) is 54.0 Å². The lowest BCUT2D eigenvalue weighted by molar-refractivity contribution is -0.137. The Labute approximate surface area is 141 Å². The molecule has 24 heavy (non-hydrogen) atoms. The van der Waals surface area contributed by atoms with Crippen molar-refractivity contribution in [1.29, 1.82) is 0 Å². The van der Waals surface area contributed by atoms with Gasteiger partial charge >= 0.3 is 11.9 Å². The average Bonchev–Trinajstić information content (AvgIpc) is 2.86. The Hall–Kier alpha value is -2.31. The van der Waals surface area contributed by atoms with Gasteiger partial charge in [0.05, 0.1) is 12.7 Å². The van der Waals surface area contributed by atoms with Crippen LogP contribution in [0.3, 0.4) is 0 Å². The van der Waals surface area contributed by atoms with Gasteiger partial charge in [-0.2, -0.15) is 0 Å². The fourth-order valence-corrected chi connectivity index (χ4v) is 3.11. The molecule has 132 valence electrons. The number of piperidine rings is 1.